The number of methoxy groups -OCH3 is 1. The minimum atomic E-state index is 0.253. The number of para-hydroxylation sites is 1. The van der Waals surface area contributed by atoms with Gasteiger partial charge in [-0.2, -0.15) is 0 Å². The maximum Gasteiger partial charge on any atom is 0.162 e. The van der Waals surface area contributed by atoms with E-state index < -0.39 is 0 Å². The second-order valence-corrected chi connectivity index (χ2v) is 5.36. The number of benzene rings is 1. The predicted molar refractivity (Wildman–Crippen MR) is 75.0 cm³/mol. The van der Waals surface area contributed by atoms with Crippen molar-refractivity contribution in [3.63, 3.8) is 0 Å². The third-order valence-corrected chi connectivity index (χ3v) is 3.29. The Morgan fingerprint density at radius 1 is 1.28 bits per heavy atom. The van der Waals surface area contributed by atoms with E-state index in [0.717, 1.165) is 18.5 Å². The number of rotatable bonds is 6. The van der Waals surface area contributed by atoms with Gasteiger partial charge in [0.25, 0.3) is 0 Å². The van der Waals surface area contributed by atoms with Crippen molar-refractivity contribution in [2.24, 2.45) is 5.92 Å². The van der Waals surface area contributed by atoms with Gasteiger partial charge in [-0.25, -0.2) is 0 Å². The lowest BCUT2D eigenvalue weighted by Crippen LogP contribution is -2.29. The summed E-state index contributed by atoms with van der Waals surface area (Å²) in [5.41, 5.74) is 0.910. The molecule has 1 rings (SSSR count). The Morgan fingerprint density at radius 2 is 1.94 bits per heavy atom. The Kier molecular flexibility index (Phi) is 5.48. The molecule has 0 heterocycles. The van der Waals surface area contributed by atoms with E-state index in [1.807, 2.05) is 12.1 Å². The van der Waals surface area contributed by atoms with Gasteiger partial charge in [-0.3, -0.25) is 4.90 Å². The molecule has 18 heavy (non-hydrogen) atoms. The number of phenols is 1. The average Bonchev–Trinajstić information content (AvgIpc) is 2.30. The molecule has 0 bridgehead atoms. The van der Waals surface area contributed by atoms with E-state index in [0.29, 0.717) is 17.7 Å². The normalized spacial score (nSPS) is 13.1. The van der Waals surface area contributed by atoms with E-state index in [1.54, 1.807) is 13.2 Å². The first-order valence-electron chi connectivity index (χ1n) is 6.50. The number of hydrogen-bond donors (Lipinski definition) is 1. The number of hydrogen-bond acceptors (Lipinski definition) is 3. The standard InChI is InChI=1S/C15H25NO2/c1-11(2)9-12(3)16(4)10-13-7-6-8-14(18-5)15(13)17/h6-8,11-12,17H,9-10H2,1-5H3. The molecule has 0 spiro atoms. The van der Waals surface area contributed by atoms with E-state index in [4.69, 9.17) is 4.74 Å². The molecule has 0 radical (unpaired) electrons. The van der Waals surface area contributed by atoms with Gasteiger partial charge in [-0.1, -0.05) is 26.0 Å². The van der Waals surface area contributed by atoms with Gasteiger partial charge in [-0.05, 0) is 32.4 Å². The molecule has 0 saturated heterocycles. The lowest BCUT2D eigenvalue weighted by molar-refractivity contribution is 0.217. The fourth-order valence-corrected chi connectivity index (χ4v) is 2.15. The largest absolute Gasteiger partial charge is 0.504 e. The molecule has 0 fully saturated rings. The molecule has 0 amide bonds. The van der Waals surface area contributed by atoms with Crippen LogP contribution in [0.4, 0.5) is 0 Å². The van der Waals surface area contributed by atoms with Gasteiger partial charge in [0.2, 0.25) is 0 Å². The molecule has 1 unspecified atom stereocenters. The van der Waals surface area contributed by atoms with Crippen LogP contribution in [-0.2, 0) is 6.54 Å². The molecule has 0 saturated carbocycles. The lowest BCUT2D eigenvalue weighted by Gasteiger charge is -2.26. The Bertz CT molecular complexity index is 377. The summed E-state index contributed by atoms with van der Waals surface area (Å²) < 4.78 is 5.12. The first-order valence-corrected chi connectivity index (χ1v) is 6.50. The van der Waals surface area contributed by atoms with E-state index in [-0.39, 0.29) is 5.75 Å². The molecule has 1 N–H and O–H groups in total. The van der Waals surface area contributed by atoms with Crippen molar-refractivity contribution in [1.82, 2.24) is 4.90 Å². The fraction of sp³-hybridized carbons (Fsp3) is 0.600. The number of ether oxygens (including phenoxy) is 1. The Hall–Kier alpha value is -1.22. The third-order valence-electron chi connectivity index (χ3n) is 3.29. The van der Waals surface area contributed by atoms with E-state index >= 15 is 0 Å². The summed E-state index contributed by atoms with van der Waals surface area (Å²) in [7, 11) is 3.66. The van der Waals surface area contributed by atoms with Gasteiger partial charge in [0.15, 0.2) is 11.5 Å². The smallest absolute Gasteiger partial charge is 0.162 e. The zero-order valence-electron chi connectivity index (χ0n) is 12.1. The summed E-state index contributed by atoms with van der Waals surface area (Å²) in [6.07, 6.45) is 1.15. The van der Waals surface area contributed by atoms with Crippen LogP contribution in [0.25, 0.3) is 0 Å². The van der Waals surface area contributed by atoms with Crippen LogP contribution in [0.3, 0.4) is 0 Å². The average molecular weight is 251 g/mol. The molecule has 0 aliphatic carbocycles. The molecule has 1 aromatic rings. The Balaban J connectivity index is 2.72. The number of nitrogens with zero attached hydrogens (tertiary/aromatic N) is 1. The van der Waals surface area contributed by atoms with E-state index in [1.165, 1.54) is 0 Å². The quantitative estimate of drug-likeness (QED) is 0.842. The molecule has 0 aliphatic rings. The van der Waals surface area contributed by atoms with Crippen LogP contribution in [0.15, 0.2) is 18.2 Å². The van der Waals surface area contributed by atoms with Crippen molar-refractivity contribution < 1.29 is 9.84 Å². The van der Waals surface area contributed by atoms with Gasteiger partial charge in [-0.15, -0.1) is 0 Å². The third kappa shape index (κ3) is 3.91. The zero-order valence-corrected chi connectivity index (χ0v) is 12.1. The molecule has 102 valence electrons. The minimum Gasteiger partial charge on any atom is -0.504 e. The molecular weight excluding hydrogens is 226 g/mol. The highest BCUT2D eigenvalue weighted by Gasteiger charge is 2.14. The van der Waals surface area contributed by atoms with Crippen molar-refractivity contribution in [3.05, 3.63) is 23.8 Å². The van der Waals surface area contributed by atoms with Crippen molar-refractivity contribution in [2.75, 3.05) is 14.2 Å². The highest BCUT2D eigenvalue weighted by Crippen LogP contribution is 2.30. The van der Waals surface area contributed by atoms with Crippen molar-refractivity contribution in [3.8, 4) is 11.5 Å². The van der Waals surface area contributed by atoms with Gasteiger partial charge < -0.3 is 9.84 Å². The number of phenolic OH excluding ortho intramolecular Hbond substituents is 1. The van der Waals surface area contributed by atoms with Crippen LogP contribution < -0.4 is 4.74 Å². The van der Waals surface area contributed by atoms with Crippen LogP contribution in [-0.4, -0.2) is 30.2 Å². The zero-order chi connectivity index (χ0) is 13.7. The Morgan fingerprint density at radius 3 is 2.50 bits per heavy atom. The maximum absolute atomic E-state index is 10.0. The van der Waals surface area contributed by atoms with Crippen LogP contribution in [0.1, 0.15) is 32.8 Å². The van der Waals surface area contributed by atoms with Crippen LogP contribution >= 0.6 is 0 Å². The van der Waals surface area contributed by atoms with Gasteiger partial charge in [0, 0.05) is 18.2 Å². The van der Waals surface area contributed by atoms with Gasteiger partial charge in [0.05, 0.1) is 7.11 Å². The summed E-state index contributed by atoms with van der Waals surface area (Å²) in [5.74, 6) is 1.47. The first-order chi connectivity index (χ1) is 8.45. The monoisotopic (exact) mass is 251 g/mol. The Labute approximate surface area is 110 Å². The highest BCUT2D eigenvalue weighted by molar-refractivity contribution is 5.45. The molecule has 1 atom stereocenters. The predicted octanol–water partition coefficient (Wildman–Crippen LogP) is 3.27. The van der Waals surface area contributed by atoms with Gasteiger partial charge >= 0.3 is 0 Å². The topological polar surface area (TPSA) is 32.7 Å². The summed E-state index contributed by atoms with van der Waals surface area (Å²) in [4.78, 5) is 2.26. The first kappa shape index (κ1) is 14.8. The second-order valence-electron chi connectivity index (χ2n) is 5.36. The molecule has 3 nitrogen and oxygen atoms in total. The lowest BCUT2D eigenvalue weighted by atomic mass is 10.0. The van der Waals surface area contributed by atoms with Crippen molar-refractivity contribution in [2.45, 2.75) is 39.8 Å². The fourth-order valence-electron chi connectivity index (χ4n) is 2.15. The summed E-state index contributed by atoms with van der Waals surface area (Å²) in [6.45, 7) is 7.41. The molecule has 0 aliphatic heterocycles. The van der Waals surface area contributed by atoms with Crippen molar-refractivity contribution >= 4 is 0 Å². The second kappa shape index (κ2) is 6.64. The highest BCUT2D eigenvalue weighted by atomic mass is 16.5. The van der Waals surface area contributed by atoms with Crippen LogP contribution in [0.5, 0.6) is 11.5 Å². The minimum absolute atomic E-state index is 0.253. The molecule has 0 aromatic heterocycles. The van der Waals surface area contributed by atoms with Crippen molar-refractivity contribution in [1.29, 1.82) is 0 Å². The molecule has 3 heteroatoms. The molecule has 1 aromatic carbocycles. The van der Waals surface area contributed by atoms with E-state index in [2.05, 4.69) is 32.7 Å². The van der Waals surface area contributed by atoms with E-state index in [9.17, 15) is 5.11 Å². The number of aromatic hydroxyl groups is 1. The summed E-state index contributed by atoms with van der Waals surface area (Å²) in [6, 6.07) is 6.12. The SMILES string of the molecule is COc1cccc(CN(C)C(C)CC(C)C)c1O. The summed E-state index contributed by atoms with van der Waals surface area (Å²) in [5, 5.41) is 10.0. The molecular formula is C15H25NO2. The van der Waals surface area contributed by atoms with Gasteiger partial charge in [0.1, 0.15) is 0 Å². The van der Waals surface area contributed by atoms with Crippen LogP contribution in [0, 0.1) is 5.92 Å². The van der Waals surface area contributed by atoms with Crippen LogP contribution in [0.2, 0.25) is 0 Å². The maximum atomic E-state index is 10.0. The summed E-state index contributed by atoms with van der Waals surface area (Å²) >= 11 is 0.